The minimum Gasteiger partial charge on any atom is -0.481 e. The van der Waals surface area contributed by atoms with E-state index in [1.54, 1.807) is 17.3 Å². The topological polar surface area (TPSA) is 82.5 Å². The molecule has 0 aromatic carbocycles. The SMILES string of the molecule is Cc1ccncc1CNC(=O)N1CCC(CCC(=O)O)C1. The fourth-order valence-electron chi connectivity index (χ4n) is 2.54. The van der Waals surface area contributed by atoms with Gasteiger partial charge in [0.15, 0.2) is 0 Å². The van der Waals surface area contributed by atoms with Crippen molar-refractivity contribution in [3.8, 4) is 0 Å². The predicted octanol–water partition coefficient (Wildman–Crippen LogP) is 1.79. The summed E-state index contributed by atoms with van der Waals surface area (Å²) >= 11 is 0. The summed E-state index contributed by atoms with van der Waals surface area (Å²) < 4.78 is 0. The van der Waals surface area contributed by atoms with Crippen molar-refractivity contribution in [3.63, 3.8) is 0 Å². The Morgan fingerprint density at radius 2 is 2.33 bits per heavy atom. The van der Waals surface area contributed by atoms with E-state index in [9.17, 15) is 9.59 Å². The molecule has 2 N–H and O–H groups in total. The number of aliphatic carboxylic acids is 1. The lowest BCUT2D eigenvalue weighted by molar-refractivity contribution is -0.137. The number of hydrogen-bond donors (Lipinski definition) is 2. The molecule has 1 atom stereocenters. The Labute approximate surface area is 124 Å². The first-order chi connectivity index (χ1) is 10.1. The maximum Gasteiger partial charge on any atom is 0.317 e. The van der Waals surface area contributed by atoms with Crippen molar-refractivity contribution in [1.82, 2.24) is 15.2 Å². The van der Waals surface area contributed by atoms with Gasteiger partial charge in [-0.25, -0.2) is 4.79 Å². The summed E-state index contributed by atoms with van der Waals surface area (Å²) in [7, 11) is 0. The van der Waals surface area contributed by atoms with Crippen LogP contribution in [0.1, 0.15) is 30.4 Å². The minimum absolute atomic E-state index is 0.0870. The number of nitrogens with one attached hydrogen (secondary N) is 1. The molecule has 0 aliphatic carbocycles. The summed E-state index contributed by atoms with van der Waals surface area (Å²) in [6, 6.07) is 1.83. The number of nitrogens with zero attached hydrogens (tertiary/aromatic N) is 2. The molecule has 1 aromatic rings. The van der Waals surface area contributed by atoms with Crippen LogP contribution >= 0.6 is 0 Å². The summed E-state index contributed by atoms with van der Waals surface area (Å²) in [6.45, 7) is 3.79. The molecule has 0 saturated carbocycles. The van der Waals surface area contributed by atoms with Crippen LogP contribution in [-0.4, -0.2) is 40.1 Å². The van der Waals surface area contributed by atoms with Crippen LogP contribution in [0.3, 0.4) is 0 Å². The summed E-state index contributed by atoms with van der Waals surface area (Å²) in [5, 5.41) is 11.6. The molecule has 0 radical (unpaired) electrons. The first-order valence-corrected chi connectivity index (χ1v) is 7.20. The van der Waals surface area contributed by atoms with Gasteiger partial charge in [0.2, 0.25) is 0 Å². The monoisotopic (exact) mass is 291 g/mol. The van der Waals surface area contributed by atoms with Crippen LogP contribution < -0.4 is 5.32 Å². The zero-order valence-electron chi connectivity index (χ0n) is 12.2. The number of aryl methyl sites for hydroxylation is 1. The first kappa shape index (κ1) is 15.3. The number of likely N-dealkylation sites (tertiary alicyclic amines) is 1. The van der Waals surface area contributed by atoms with E-state index >= 15 is 0 Å². The van der Waals surface area contributed by atoms with Gasteiger partial charge in [-0.15, -0.1) is 0 Å². The fraction of sp³-hybridized carbons (Fsp3) is 0.533. The molecule has 114 valence electrons. The smallest absolute Gasteiger partial charge is 0.317 e. The molecule has 0 spiro atoms. The largest absolute Gasteiger partial charge is 0.481 e. The zero-order valence-corrected chi connectivity index (χ0v) is 12.2. The lowest BCUT2D eigenvalue weighted by Gasteiger charge is -2.17. The van der Waals surface area contributed by atoms with Crippen molar-refractivity contribution >= 4 is 12.0 Å². The van der Waals surface area contributed by atoms with E-state index < -0.39 is 5.97 Å². The van der Waals surface area contributed by atoms with E-state index in [1.165, 1.54) is 0 Å². The number of aromatic nitrogens is 1. The number of carbonyl (C=O) groups is 2. The van der Waals surface area contributed by atoms with Gasteiger partial charge in [-0.3, -0.25) is 9.78 Å². The maximum absolute atomic E-state index is 12.1. The summed E-state index contributed by atoms with van der Waals surface area (Å²) in [5.74, 6) is -0.475. The van der Waals surface area contributed by atoms with Gasteiger partial charge >= 0.3 is 12.0 Å². The van der Waals surface area contributed by atoms with Gasteiger partial charge in [-0.2, -0.15) is 0 Å². The molecule has 0 bridgehead atoms. The third-order valence-corrected chi connectivity index (χ3v) is 3.92. The summed E-state index contributed by atoms with van der Waals surface area (Å²) in [4.78, 5) is 28.5. The number of amides is 2. The third-order valence-electron chi connectivity index (χ3n) is 3.92. The molecule has 6 heteroatoms. The molecule has 1 aliphatic rings. The van der Waals surface area contributed by atoms with Crippen molar-refractivity contribution < 1.29 is 14.7 Å². The van der Waals surface area contributed by atoms with E-state index in [1.807, 2.05) is 13.0 Å². The van der Waals surface area contributed by atoms with Crippen molar-refractivity contribution in [3.05, 3.63) is 29.6 Å². The van der Waals surface area contributed by atoms with Gasteiger partial charge in [0.05, 0.1) is 0 Å². The van der Waals surface area contributed by atoms with Gasteiger partial charge < -0.3 is 15.3 Å². The molecule has 1 unspecified atom stereocenters. The van der Waals surface area contributed by atoms with Crippen LogP contribution in [0.5, 0.6) is 0 Å². The van der Waals surface area contributed by atoms with E-state index in [-0.39, 0.29) is 12.5 Å². The summed E-state index contributed by atoms with van der Waals surface area (Å²) in [6.07, 6.45) is 5.19. The molecule has 6 nitrogen and oxygen atoms in total. The number of carbonyl (C=O) groups excluding carboxylic acids is 1. The Balaban J connectivity index is 1.77. The van der Waals surface area contributed by atoms with Crippen molar-refractivity contribution in [2.75, 3.05) is 13.1 Å². The molecule has 1 aliphatic heterocycles. The summed E-state index contributed by atoms with van der Waals surface area (Å²) in [5.41, 5.74) is 2.11. The zero-order chi connectivity index (χ0) is 15.2. The normalized spacial score (nSPS) is 17.8. The van der Waals surface area contributed by atoms with Crippen LogP contribution in [0.25, 0.3) is 0 Å². The standard InChI is InChI=1S/C15H21N3O3/c1-11-4-6-16-8-13(11)9-17-15(21)18-7-5-12(10-18)2-3-14(19)20/h4,6,8,12H,2-3,5,7,9-10H2,1H3,(H,17,21)(H,19,20). The molecule has 21 heavy (non-hydrogen) atoms. The Hall–Kier alpha value is -2.11. The number of carboxylic acids is 1. The second-order valence-corrected chi connectivity index (χ2v) is 5.49. The number of pyridine rings is 1. The highest BCUT2D eigenvalue weighted by Crippen LogP contribution is 2.21. The van der Waals surface area contributed by atoms with Crippen LogP contribution in [0, 0.1) is 12.8 Å². The van der Waals surface area contributed by atoms with E-state index in [0.717, 1.165) is 17.5 Å². The molecule has 2 amide bonds. The average Bonchev–Trinajstić information content (AvgIpc) is 2.93. The number of hydrogen-bond acceptors (Lipinski definition) is 3. The van der Waals surface area contributed by atoms with Gasteiger partial charge in [-0.05, 0) is 42.9 Å². The van der Waals surface area contributed by atoms with Gasteiger partial charge in [0.1, 0.15) is 0 Å². The first-order valence-electron chi connectivity index (χ1n) is 7.20. The molecule has 2 rings (SSSR count). The second-order valence-electron chi connectivity index (χ2n) is 5.49. The highest BCUT2D eigenvalue weighted by molar-refractivity contribution is 5.74. The Morgan fingerprint density at radius 1 is 1.52 bits per heavy atom. The van der Waals surface area contributed by atoms with Crippen LogP contribution in [0.15, 0.2) is 18.5 Å². The highest BCUT2D eigenvalue weighted by Gasteiger charge is 2.26. The minimum atomic E-state index is -0.773. The maximum atomic E-state index is 12.1. The molecular formula is C15H21N3O3. The highest BCUT2D eigenvalue weighted by atomic mass is 16.4. The lowest BCUT2D eigenvalue weighted by atomic mass is 10.0. The second kappa shape index (κ2) is 7.06. The van der Waals surface area contributed by atoms with Gasteiger partial charge in [0, 0.05) is 38.4 Å². The van der Waals surface area contributed by atoms with Crippen LogP contribution in [0.4, 0.5) is 4.79 Å². The van der Waals surface area contributed by atoms with Crippen LogP contribution in [0.2, 0.25) is 0 Å². The van der Waals surface area contributed by atoms with Crippen molar-refractivity contribution in [2.24, 2.45) is 5.92 Å². The predicted molar refractivity (Wildman–Crippen MR) is 77.8 cm³/mol. The van der Waals surface area contributed by atoms with Crippen LogP contribution in [-0.2, 0) is 11.3 Å². The average molecular weight is 291 g/mol. The molecule has 1 aromatic heterocycles. The Morgan fingerprint density at radius 3 is 3.05 bits per heavy atom. The third kappa shape index (κ3) is 4.44. The van der Waals surface area contributed by atoms with Crippen molar-refractivity contribution in [2.45, 2.75) is 32.7 Å². The lowest BCUT2D eigenvalue weighted by Crippen LogP contribution is -2.38. The van der Waals surface area contributed by atoms with E-state index in [2.05, 4.69) is 10.3 Å². The van der Waals surface area contributed by atoms with Crippen molar-refractivity contribution in [1.29, 1.82) is 0 Å². The quantitative estimate of drug-likeness (QED) is 0.866. The molecule has 2 heterocycles. The number of urea groups is 1. The molecule has 1 saturated heterocycles. The molecular weight excluding hydrogens is 270 g/mol. The number of rotatable bonds is 5. The number of carboxylic acid groups (broad SMARTS) is 1. The van der Waals surface area contributed by atoms with Gasteiger partial charge in [-0.1, -0.05) is 0 Å². The molecule has 1 fully saturated rings. The fourth-order valence-corrected chi connectivity index (χ4v) is 2.54. The van der Waals surface area contributed by atoms with E-state index in [0.29, 0.717) is 32.0 Å². The van der Waals surface area contributed by atoms with Gasteiger partial charge in [0.25, 0.3) is 0 Å². The Kier molecular flexibility index (Phi) is 5.14. The Bertz CT molecular complexity index is 519. The van der Waals surface area contributed by atoms with E-state index in [4.69, 9.17) is 5.11 Å².